The molecule has 7 heteroatoms. The Morgan fingerprint density at radius 1 is 1.48 bits per heavy atom. The average molecular weight is 301 g/mol. The van der Waals surface area contributed by atoms with Crippen molar-refractivity contribution in [1.29, 1.82) is 0 Å². The fourth-order valence-corrected chi connectivity index (χ4v) is 2.44. The average Bonchev–Trinajstić information content (AvgIpc) is 2.93. The minimum atomic E-state index is -4.42. The van der Waals surface area contributed by atoms with Gasteiger partial charge in [0.25, 0.3) is 0 Å². The molecule has 21 heavy (non-hydrogen) atoms. The van der Waals surface area contributed by atoms with Crippen LogP contribution in [0.2, 0.25) is 0 Å². The van der Waals surface area contributed by atoms with E-state index >= 15 is 0 Å². The van der Waals surface area contributed by atoms with Gasteiger partial charge in [-0.05, 0) is 38.1 Å². The standard InChI is InChI=1S/C14H18F3N3O/c1-2-20(12-6-7-18-9-12)13(21)19-11-5-3-4-10(8-11)14(15,16)17/h3-5,8,12,18H,2,6-7,9H2,1H3,(H,19,21). The van der Waals surface area contributed by atoms with Crippen LogP contribution in [0.3, 0.4) is 0 Å². The van der Waals surface area contributed by atoms with Crippen LogP contribution in [0, 0.1) is 0 Å². The van der Waals surface area contributed by atoms with Crippen molar-refractivity contribution in [3.8, 4) is 0 Å². The lowest BCUT2D eigenvalue weighted by molar-refractivity contribution is -0.137. The Bertz CT molecular complexity index is 498. The fourth-order valence-electron chi connectivity index (χ4n) is 2.44. The van der Waals surface area contributed by atoms with Crippen LogP contribution >= 0.6 is 0 Å². The highest BCUT2D eigenvalue weighted by Crippen LogP contribution is 2.30. The third-order valence-corrected chi connectivity index (χ3v) is 3.52. The second-order valence-corrected chi connectivity index (χ2v) is 4.94. The Morgan fingerprint density at radius 3 is 2.81 bits per heavy atom. The summed E-state index contributed by atoms with van der Waals surface area (Å²) in [6, 6.07) is 4.37. The Balaban J connectivity index is 2.08. The third kappa shape index (κ3) is 3.87. The van der Waals surface area contributed by atoms with Gasteiger partial charge in [0.1, 0.15) is 0 Å². The van der Waals surface area contributed by atoms with Crippen molar-refractivity contribution >= 4 is 11.7 Å². The highest BCUT2D eigenvalue weighted by Gasteiger charge is 2.31. The lowest BCUT2D eigenvalue weighted by atomic mass is 10.2. The van der Waals surface area contributed by atoms with Gasteiger partial charge < -0.3 is 15.5 Å². The number of benzene rings is 1. The monoisotopic (exact) mass is 301 g/mol. The molecule has 0 spiro atoms. The van der Waals surface area contributed by atoms with Crippen molar-refractivity contribution in [2.75, 3.05) is 25.0 Å². The first kappa shape index (κ1) is 15.6. The number of carbonyl (C=O) groups excluding carboxylic acids is 1. The van der Waals surface area contributed by atoms with Crippen molar-refractivity contribution in [3.63, 3.8) is 0 Å². The summed E-state index contributed by atoms with van der Waals surface area (Å²) in [4.78, 5) is 13.8. The minimum absolute atomic E-state index is 0.0841. The van der Waals surface area contributed by atoms with Gasteiger partial charge in [-0.25, -0.2) is 4.79 Å². The van der Waals surface area contributed by atoms with Crippen molar-refractivity contribution in [3.05, 3.63) is 29.8 Å². The smallest absolute Gasteiger partial charge is 0.321 e. The predicted octanol–water partition coefficient (Wildman–Crippen LogP) is 2.92. The van der Waals surface area contributed by atoms with E-state index < -0.39 is 11.7 Å². The molecule has 0 aliphatic carbocycles. The third-order valence-electron chi connectivity index (χ3n) is 3.52. The van der Waals surface area contributed by atoms with E-state index in [2.05, 4.69) is 10.6 Å². The van der Waals surface area contributed by atoms with Gasteiger partial charge in [-0.1, -0.05) is 6.07 Å². The van der Waals surface area contributed by atoms with Crippen LogP contribution in [0.5, 0.6) is 0 Å². The van der Waals surface area contributed by atoms with E-state index in [9.17, 15) is 18.0 Å². The quantitative estimate of drug-likeness (QED) is 0.901. The number of rotatable bonds is 3. The molecule has 4 nitrogen and oxygen atoms in total. The van der Waals surface area contributed by atoms with E-state index in [-0.39, 0.29) is 17.8 Å². The molecular formula is C14H18F3N3O. The van der Waals surface area contributed by atoms with Gasteiger partial charge in [-0.2, -0.15) is 13.2 Å². The zero-order valence-electron chi connectivity index (χ0n) is 11.7. The molecule has 1 aromatic rings. The van der Waals surface area contributed by atoms with Crippen LogP contribution in [0.4, 0.5) is 23.7 Å². The summed E-state index contributed by atoms with van der Waals surface area (Å²) in [5.41, 5.74) is -0.620. The SMILES string of the molecule is CCN(C(=O)Nc1cccc(C(F)(F)F)c1)C1CCNC1. The summed E-state index contributed by atoms with van der Waals surface area (Å²) < 4.78 is 37.9. The molecular weight excluding hydrogens is 283 g/mol. The molecule has 2 amide bonds. The number of alkyl halides is 3. The van der Waals surface area contributed by atoms with Gasteiger partial charge in [0, 0.05) is 24.8 Å². The Labute approximate surface area is 121 Å². The number of hydrogen-bond acceptors (Lipinski definition) is 2. The van der Waals surface area contributed by atoms with E-state index in [1.165, 1.54) is 12.1 Å². The lowest BCUT2D eigenvalue weighted by Crippen LogP contribution is -2.43. The van der Waals surface area contributed by atoms with Crippen molar-refractivity contribution in [2.45, 2.75) is 25.6 Å². The molecule has 1 aliphatic rings. The van der Waals surface area contributed by atoms with E-state index in [1.807, 2.05) is 6.92 Å². The van der Waals surface area contributed by atoms with E-state index in [1.54, 1.807) is 4.90 Å². The van der Waals surface area contributed by atoms with Gasteiger partial charge in [0.15, 0.2) is 0 Å². The summed E-state index contributed by atoms with van der Waals surface area (Å²) in [6.07, 6.45) is -3.57. The number of urea groups is 1. The second kappa shape index (κ2) is 6.34. The number of likely N-dealkylation sites (N-methyl/N-ethyl adjacent to an activating group) is 1. The predicted molar refractivity (Wildman–Crippen MR) is 74.1 cm³/mol. The Kier molecular flexibility index (Phi) is 4.72. The van der Waals surface area contributed by atoms with Gasteiger partial charge in [-0.15, -0.1) is 0 Å². The van der Waals surface area contributed by atoms with Gasteiger partial charge in [0.05, 0.1) is 5.56 Å². The Hall–Kier alpha value is -1.76. The number of amides is 2. The zero-order valence-corrected chi connectivity index (χ0v) is 11.7. The summed E-state index contributed by atoms with van der Waals surface area (Å²) in [5, 5.41) is 5.71. The van der Waals surface area contributed by atoms with Crippen LogP contribution in [0.1, 0.15) is 18.9 Å². The van der Waals surface area contributed by atoms with Crippen LogP contribution in [0.15, 0.2) is 24.3 Å². The highest BCUT2D eigenvalue weighted by molar-refractivity contribution is 5.89. The summed E-state index contributed by atoms with van der Waals surface area (Å²) >= 11 is 0. The highest BCUT2D eigenvalue weighted by atomic mass is 19.4. The minimum Gasteiger partial charge on any atom is -0.321 e. The second-order valence-electron chi connectivity index (χ2n) is 4.94. The van der Waals surface area contributed by atoms with Crippen molar-refractivity contribution in [2.24, 2.45) is 0 Å². The van der Waals surface area contributed by atoms with Crippen molar-refractivity contribution in [1.82, 2.24) is 10.2 Å². The zero-order chi connectivity index (χ0) is 15.5. The number of carbonyl (C=O) groups is 1. The molecule has 1 atom stereocenters. The van der Waals surface area contributed by atoms with E-state index in [4.69, 9.17) is 0 Å². The molecule has 2 N–H and O–H groups in total. The molecule has 116 valence electrons. The molecule has 1 unspecified atom stereocenters. The molecule has 0 radical (unpaired) electrons. The maximum Gasteiger partial charge on any atom is 0.416 e. The first-order valence-corrected chi connectivity index (χ1v) is 6.87. The maximum absolute atomic E-state index is 12.6. The molecule has 0 bridgehead atoms. The van der Waals surface area contributed by atoms with Crippen LogP contribution in [0.25, 0.3) is 0 Å². The summed E-state index contributed by atoms with van der Waals surface area (Å²) in [6.45, 7) is 3.92. The van der Waals surface area contributed by atoms with E-state index in [0.29, 0.717) is 13.1 Å². The van der Waals surface area contributed by atoms with Gasteiger partial charge in [-0.3, -0.25) is 0 Å². The van der Waals surface area contributed by atoms with Gasteiger partial charge in [0.2, 0.25) is 0 Å². The molecule has 0 aromatic heterocycles. The van der Waals surface area contributed by atoms with Crippen LogP contribution in [-0.4, -0.2) is 36.6 Å². The summed E-state index contributed by atoms with van der Waals surface area (Å²) in [5.74, 6) is 0. The van der Waals surface area contributed by atoms with E-state index in [0.717, 1.165) is 25.1 Å². The molecule has 1 aromatic carbocycles. The molecule has 1 aliphatic heterocycles. The molecule has 1 fully saturated rings. The molecule has 0 saturated carbocycles. The maximum atomic E-state index is 12.6. The van der Waals surface area contributed by atoms with Crippen LogP contribution < -0.4 is 10.6 Å². The number of anilines is 1. The number of hydrogen-bond donors (Lipinski definition) is 2. The van der Waals surface area contributed by atoms with Gasteiger partial charge >= 0.3 is 12.2 Å². The first-order valence-electron chi connectivity index (χ1n) is 6.87. The summed E-state index contributed by atoms with van der Waals surface area (Å²) in [7, 11) is 0. The lowest BCUT2D eigenvalue weighted by Gasteiger charge is -2.27. The largest absolute Gasteiger partial charge is 0.416 e. The first-order chi connectivity index (χ1) is 9.91. The number of nitrogens with zero attached hydrogens (tertiary/aromatic N) is 1. The topological polar surface area (TPSA) is 44.4 Å². The Morgan fingerprint density at radius 2 is 2.24 bits per heavy atom. The number of nitrogens with one attached hydrogen (secondary N) is 2. The molecule has 1 saturated heterocycles. The van der Waals surface area contributed by atoms with Crippen molar-refractivity contribution < 1.29 is 18.0 Å². The number of halogens is 3. The fraction of sp³-hybridized carbons (Fsp3) is 0.500. The van der Waals surface area contributed by atoms with Crippen LogP contribution in [-0.2, 0) is 6.18 Å². The molecule has 1 heterocycles. The normalized spacial score (nSPS) is 18.6. The molecule has 2 rings (SSSR count).